The molecule has 0 radical (unpaired) electrons. The smallest absolute Gasteiger partial charge is 0.349 e. The van der Waals surface area contributed by atoms with Crippen LogP contribution in [0.3, 0.4) is 0 Å². The van der Waals surface area contributed by atoms with Crippen LogP contribution in [0.25, 0.3) is 6.08 Å². The van der Waals surface area contributed by atoms with Gasteiger partial charge in [0.15, 0.2) is 12.4 Å². The Morgan fingerprint density at radius 1 is 0.971 bits per heavy atom. The predicted molar refractivity (Wildman–Crippen MR) is 133 cm³/mol. The summed E-state index contributed by atoms with van der Waals surface area (Å²) in [6.07, 6.45) is 2.88. The standard InChI is InChI=1S/C23H13Cl5N2O5/c24-17-18(25)20(27)22(21(28)19(17)26)34-11-16(31)35-14-5-3-12(4-6-14)8-13(9-29)23(32)30-10-15-2-1-7-33-15/h1-8H,10-11H2,(H,30,32)/b13-8+. The molecular formula is C23H13Cl5N2O5. The second-order valence-corrected chi connectivity index (χ2v) is 8.55. The third-order valence-corrected chi connectivity index (χ3v) is 6.54. The molecule has 0 aliphatic heterocycles. The monoisotopic (exact) mass is 572 g/mol. The Morgan fingerprint density at radius 3 is 2.17 bits per heavy atom. The largest absolute Gasteiger partial charge is 0.479 e. The van der Waals surface area contributed by atoms with E-state index in [4.69, 9.17) is 71.9 Å². The summed E-state index contributed by atoms with van der Waals surface area (Å²) in [4.78, 5) is 24.4. The van der Waals surface area contributed by atoms with Gasteiger partial charge in [-0.05, 0) is 35.9 Å². The number of benzene rings is 2. The minimum Gasteiger partial charge on any atom is -0.479 e. The lowest BCUT2D eigenvalue weighted by molar-refractivity contribution is -0.136. The van der Waals surface area contributed by atoms with Gasteiger partial charge in [-0.3, -0.25) is 4.79 Å². The van der Waals surface area contributed by atoms with Gasteiger partial charge in [0.25, 0.3) is 5.91 Å². The molecule has 7 nitrogen and oxygen atoms in total. The van der Waals surface area contributed by atoms with E-state index in [1.54, 1.807) is 24.3 Å². The molecule has 0 atom stereocenters. The maximum absolute atomic E-state index is 12.2. The number of ether oxygens (including phenoxy) is 2. The maximum atomic E-state index is 12.2. The van der Waals surface area contributed by atoms with Crippen LogP contribution in [-0.4, -0.2) is 18.5 Å². The first-order chi connectivity index (χ1) is 16.7. The Kier molecular flexibility index (Phi) is 9.33. The Balaban J connectivity index is 1.59. The van der Waals surface area contributed by atoms with Gasteiger partial charge in [-0.2, -0.15) is 5.26 Å². The molecule has 1 heterocycles. The number of nitrogens with one attached hydrogen (secondary N) is 1. The fraction of sp³-hybridized carbons (Fsp3) is 0.0870. The molecule has 0 fully saturated rings. The van der Waals surface area contributed by atoms with Gasteiger partial charge >= 0.3 is 5.97 Å². The molecule has 3 aromatic rings. The van der Waals surface area contributed by atoms with Gasteiger partial charge in [0, 0.05) is 0 Å². The van der Waals surface area contributed by atoms with E-state index >= 15 is 0 Å². The molecule has 180 valence electrons. The number of carbonyl (C=O) groups excluding carboxylic acids is 2. The number of hydrogen-bond acceptors (Lipinski definition) is 6. The summed E-state index contributed by atoms with van der Waals surface area (Å²) in [5, 5.41) is 11.5. The number of amides is 1. The number of carbonyl (C=O) groups is 2. The summed E-state index contributed by atoms with van der Waals surface area (Å²) in [5.74, 6) is -0.688. The SMILES string of the molecule is N#C/C(=C\c1ccc(OC(=O)COc2c(Cl)c(Cl)c(Cl)c(Cl)c2Cl)cc1)C(=O)NCc1ccco1. The van der Waals surface area contributed by atoms with Gasteiger partial charge in [-0.25, -0.2) is 4.79 Å². The molecule has 0 bridgehead atoms. The van der Waals surface area contributed by atoms with Crippen molar-refractivity contribution in [1.82, 2.24) is 5.32 Å². The van der Waals surface area contributed by atoms with E-state index in [2.05, 4.69) is 5.32 Å². The highest BCUT2D eigenvalue weighted by Gasteiger charge is 2.21. The van der Waals surface area contributed by atoms with Crippen LogP contribution in [-0.2, 0) is 16.1 Å². The molecule has 3 rings (SSSR count). The third kappa shape index (κ3) is 6.85. The second-order valence-electron chi connectivity index (χ2n) is 6.66. The van der Waals surface area contributed by atoms with Gasteiger partial charge < -0.3 is 19.2 Å². The average Bonchev–Trinajstić information content (AvgIpc) is 3.38. The number of hydrogen-bond donors (Lipinski definition) is 1. The first-order valence-corrected chi connectivity index (χ1v) is 11.5. The molecule has 0 spiro atoms. The molecule has 0 aliphatic rings. The minimum atomic E-state index is -0.766. The summed E-state index contributed by atoms with van der Waals surface area (Å²) in [7, 11) is 0. The van der Waals surface area contributed by atoms with Gasteiger partial charge in [0.2, 0.25) is 0 Å². The van der Waals surface area contributed by atoms with Crippen LogP contribution in [0.2, 0.25) is 25.1 Å². The number of nitriles is 1. The van der Waals surface area contributed by atoms with Crippen molar-refractivity contribution in [2.75, 3.05) is 6.61 Å². The summed E-state index contributed by atoms with van der Waals surface area (Å²) < 4.78 is 15.7. The fourth-order valence-corrected chi connectivity index (χ4v) is 3.86. The molecule has 0 saturated heterocycles. The Bertz CT molecular complexity index is 1290. The summed E-state index contributed by atoms with van der Waals surface area (Å²) >= 11 is 30.0. The first kappa shape index (κ1) is 26.7. The lowest BCUT2D eigenvalue weighted by atomic mass is 10.1. The zero-order valence-corrected chi connectivity index (χ0v) is 21.2. The molecule has 0 saturated carbocycles. The number of furan rings is 1. The van der Waals surface area contributed by atoms with E-state index < -0.39 is 18.5 Å². The van der Waals surface area contributed by atoms with Crippen LogP contribution in [0.5, 0.6) is 11.5 Å². The first-order valence-electron chi connectivity index (χ1n) is 9.58. The number of esters is 1. The number of nitrogens with zero attached hydrogens (tertiary/aromatic N) is 1. The molecule has 1 N–H and O–H groups in total. The van der Waals surface area contributed by atoms with Gasteiger partial charge in [0.1, 0.15) is 33.2 Å². The third-order valence-electron chi connectivity index (χ3n) is 4.30. The fourth-order valence-electron chi connectivity index (χ4n) is 2.63. The van der Waals surface area contributed by atoms with Crippen molar-refractivity contribution in [2.45, 2.75) is 6.54 Å². The summed E-state index contributed by atoms with van der Waals surface area (Å²) in [5.41, 5.74) is 0.429. The van der Waals surface area contributed by atoms with Crippen molar-refractivity contribution in [2.24, 2.45) is 0 Å². The lowest BCUT2D eigenvalue weighted by Gasteiger charge is -2.13. The molecule has 2 aromatic carbocycles. The van der Waals surface area contributed by atoms with Gasteiger partial charge in [0.05, 0.1) is 27.9 Å². The van der Waals surface area contributed by atoms with E-state index in [-0.39, 0.29) is 48.7 Å². The highest BCUT2D eigenvalue weighted by Crippen LogP contribution is 2.48. The van der Waals surface area contributed by atoms with Crippen molar-refractivity contribution in [1.29, 1.82) is 5.26 Å². The van der Waals surface area contributed by atoms with Gasteiger partial charge in [-0.15, -0.1) is 0 Å². The van der Waals surface area contributed by atoms with Crippen LogP contribution in [0.1, 0.15) is 11.3 Å². The minimum absolute atomic E-state index is 0.0399. The predicted octanol–water partition coefficient (Wildman–Crippen LogP) is 6.75. The van der Waals surface area contributed by atoms with Crippen molar-refractivity contribution in [3.8, 4) is 17.6 Å². The topological polar surface area (TPSA) is 102 Å². The normalized spacial score (nSPS) is 11.0. The van der Waals surface area contributed by atoms with Crippen molar-refractivity contribution in [3.05, 3.63) is 84.7 Å². The van der Waals surface area contributed by atoms with E-state index in [1.165, 1.54) is 24.5 Å². The van der Waals surface area contributed by atoms with Crippen LogP contribution < -0.4 is 14.8 Å². The van der Waals surface area contributed by atoms with Gasteiger partial charge in [-0.1, -0.05) is 70.1 Å². The van der Waals surface area contributed by atoms with Crippen LogP contribution in [0.15, 0.2) is 52.7 Å². The zero-order valence-electron chi connectivity index (χ0n) is 17.4. The zero-order chi connectivity index (χ0) is 25.5. The highest BCUT2D eigenvalue weighted by molar-refractivity contribution is 6.55. The number of halogens is 5. The van der Waals surface area contributed by atoms with Crippen LogP contribution in [0.4, 0.5) is 0 Å². The second kappa shape index (κ2) is 12.2. The lowest BCUT2D eigenvalue weighted by Crippen LogP contribution is -2.23. The Labute approximate surface area is 224 Å². The average molecular weight is 575 g/mol. The summed E-state index contributed by atoms with van der Waals surface area (Å²) in [6.45, 7) is -0.406. The Hall–Kier alpha value is -2.86. The molecule has 35 heavy (non-hydrogen) atoms. The van der Waals surface area contributed by atoms with E-state index in [0.29, 0.717) is 11.3 Å². The van der Waals surface area contributed by atoms with E-state index in [0.717, 1.165) is 0 Å². The van der Waals surface area contributed by atoms with E-state index in [1.807, 2.05) is 6.07 Å². The highest BCUT2D eigenvalue weighted by atomic mass is 35.5. The molecule has 1 aromatic heterocycles. The van der Waals surface area contributed by atoms with Crippen molar-refractivity contribution in [3.63, 3.8) is 0 Å². The molecule has 12 heteroatoms. The molecule has 1 amide bonds. The molecule has 0 unspecified atom stereocenters. The molecular weight excluding hydrogens is 562 g/mol. The quantitative estimate of drug-likeness (QED) is 0.0797. The van der Waals surface area contributed by atoms with Crippen LogP contribution >= 0.6 is 58.0 Å². The van der Waals surface area contributed by atoms with E-state index in [9.17, 15) is 14.9 Å². The Morgan fingerprint density at radius 2 is 1.60 bits per heavy atom. The maximum Gasteiger partial charge on any atom is 0.349 e. The summed E-state index contributed by atoms with van der Waals surface area (Å²) in [6, 6.07) is 11.3. The van der Waals surface area contributed by atoms with Crippen molar-refractivity contribution >= 4 is 76.0 Å². The van der Waals surface area contributed by atoms with Crippen molar-refractivity contribution < 1.29 is 23.5 Å². The van der Waals surface area contributed by atoms with Crippen LogP contribution in [0, 0.1) is 11.3 Å². The molecule has 0 aliphatic carbocycles. The number of rotatable bonds is 8.